The molecule has 4 rings (SSSR count). The van der Waals surface area contributed by atoms with Crippen LogP contribution in [-0.2, 0) is 6.54 Å². The maximum Gasteiger partial charge on any atom is 0.270 e. The van der Waals surface area contributed by atoms with E-state index in [1.54, 1.807) is 11.3 Å². The van der Waals surface area contributed by atoms with Crippen LogP contribution < -0.4 is 0 Å². The van der Waals surface area contributed by atoms with Gasteiger partial charge in [-0.05, 0) is 50.4 Å². The second-order valence-corrected chi connectivity index (χ2v) is 8.31. The van der Waals surface area contributed by atoms with E-state index in [4.69, 9.17) is 0 Å². The molecule has 2 amide bonds. The summed E-state index contributed by atoms with van der Waals surface area (Å²) >= 11 is 1.67. The van der Waals surface area contributed by atoms with E-state index in [1.165, 1.54) is 0 Å². The fraction of sp³-hybridized carbons (Fsp3) is 0.364. The van der Waals surface area contributed by atoms with Crippen molar-refractivity contribution in [1.29, 1.82) is 0 Å². The van der Waals surface area contributed by atoms with Crippen molar-refractivity contribution < 1.29 is 9.59 Å². The number of carbonyl (C=O) groups is 2. The van der Waals surface area contributed by atoms with Crippen LogP contribution in [-0.4, -0.2) is 51.9 Å². The first-order chi connectivity index (χ1) is 13.5. The summed E-state index contributed by atoms with van der Waals surface area (Å²) in [5.41, 5.74) is 2.59. The number of aryl methyl sites for hydroxylation is 2. The molecule has 146 valence electrons. The van der Waals surface area contributed by atoms with Crippen LogP contribution in [0.1, 0.15) is 40.3 Å². The minimum absolute atomic E-state index is 0.0161. The van der Waals surface area contributed by atoms with E-state index in [9.17, 15) is 9.59 Å². The number of hydrogen-bond acceptors (Lipinski definition) is 3. The molecule has 1 aliphatic rings. The second kappa shape index (κ2) is 7.43. The van der Waals surface area contributed by atoms with E-state index < -0.39 is 0 Å². The number of hydrogen-bond donors (Lipinski definition) is 0. The predicted molar refractivity (Wildman–Crippen MR) is 113 cm³/mol. The Morgan fingerprint density at radius 2 is 1.86 bits per heavy atom. The van der Waals surface area contributed by atoms with Crippen LogP contribution in [0.4, 0.5) is 0 Å². The van der Waals surface area contributed by atoms with Gasteiger partial charge >= 0.3 is 0 Å². The van der Waals surface area contributed by atoms with E-state index in [1.807, 2.05) is 54.0 Å². The molecule has 1 fully saturated rings. The molecular formula is C22H25N3O2S. The van der Waals surface area contributed by atoms with Crippen LogP contribution in [0.15, 0.2) is 41.8 Å². The van der Waals surface area contributed by atoms with Gasteiger partial charge < -0.3 is 14.4 Å². The van der Waals surface area contributed by atoms with Crippen molar-refractivity contribution in [2.24, 2.45) is 0 Å². The van der Waals surface area contributed by atoms with Crippen LogP contribution in [0.3, 0.4) is 0 Å². The van der Waals surface area contributed by atoms with Gasteiger partial charge in [0.15, 0.2) is 0 Å². The van der Waals surface area contributed by atoms with Gasteiger partial charge in [-0.3, -0.25) is 9.59 Å². The summed E-state index contributed by atoms with van der Waals surface area (Å²) < 4.78 is 2.09. The minimum Gasteiger partial charge on any atom is -0.334 e. The third-order valence-corrected chi connectivity index (χ3v) is 6.46. The topological polar surface area (TPSA) is 45.6 Å². The standard InChI is InChI=1S/C22H25N3O2S/c1-4-24-19(13-18-9-12-28-22(18)24)21(27)23-10-11-25(16(3)14-23)20(26)17-7-5-15(2)6-8-17/h5-9,12-13,16H,4,10-11,14H2,1-3H3/t16-/m1/s1. The van der Waals surface area contributed by atoms with Crippen molar-refractivity contribution >= 4 is 33.4 Å². The van der Waals surface area contributed by atoms with E-state index in [0.717, 1.165) is 28.0 Å². The first kappa shape index (κ1) is 18.7. The highest BCUT2D eigenvalue weighted by Crippen LogP contribution is 2.27. The Balaban J connectivity index is 1.50. The Hall–Kier alpha value is -2.60. The predicted octanol–water partition coefficient (Wildman–Crippen LogP) is 4.02. The Labute approximate surface area is 169 Å². The zero-order valence-electron chi connectivity index (χ0n) is 16.5. The van der Waals surface area contributed by atoms with Gasteiger partial charge in [0.1, 0.15) is 10.5 Å². The number of fused-ring (bicyclic) bond motifs is 1. The molecule has 1 aromatic carbocycles. The molecule has 1 aliphatic heterocycles. The Kier molecular flexibility index (Phi) is 4.98. The number of thiophene rings is 1. The first-order valence-corrected chi connectivity index (χ1v) is 10.6. The van der Waals surface area contributed by atoms with Crippen LogP contribution >= 0.6 is 11.3 Å². The second-order valence-electron chi connectivity index (χ2n) is 7.42. The zero-order valence-corrected chi connectivity index (χ0v) is 17.3. The maximum atomic E-state index is 13.2. The molecule has 3 heterocycles. The van der Waals surface area contributed by atoms with Crippen LogP contribution in [0, 0.1) is 6.92 Å². The molecule has 0 saturated carbocycles. The van der Waals surface area contributed by atoms with Crippen molar-refractivity contribution in [3.63, 3.8) is 0 Å². The summed E-state index contributed by atoms with van der Waals surface area (Å²) in [7, 11) is 0. The molecule has 6 heteroatoms. The summed E-state index contributed by atoms with van der Waals surface area (Å²) in [6, 6.07) is 11.7. The Bertz CT molecular complexity index is 1020. The Morgan fingerprint density at radius 3 is 2.54 bits per heavy atom. The minimum atomic E-state index is -0.0161. The summed E-state index contributed by atoms with van der Waals surface area (Å²) in [5.74, 6) is 0.0941. The molecule has 0 unspecified atom stereocenters. The smallest absolute Gasteiger partial charge is 0.270 e. The molecule has 0 N–H and O–H groups in total. The number of nitrogens with zero attached hydrogens (tertiary/aromatic N) is 3. The molecule has 0 radical (unpaired) electrons. The van der Waals surface area contributed by atoms with Gasteiger partial charge in [-0.2, -0.15) is 0 Å². The quantitative estimate of drug-likeness (QED) is 0.672. The maximum absolute atomic E-state index is 13.2. The number of benzene rings is 1. The van der Waals surface area contributed by atoms with Gasteiger partial charge in [0.2, 0.25) is 0 Å². The van der Waals surface area contributed by atoms with Crippen LogP contribution in [0.2, 0.25) is 0 Å². The molecular weight excluding hydrogens is 370 g/mol. The Morgan fingerprint density at radius 1 is 1.11 bits per heavy atom. The van der Waals surface area contributed by atoms with Crippen LogP contribution in [0.25, 0.3) is 10.2 Å². The summed E-state index contributed by atoms with van der Waals surface area (Å²) in [6.07, 6.45) is 0. The molecule has 2 aromatic heterocycles. The van der Waals surface area contributed by atoms with Crippen molar-refractivity contribution in [2.45, 2.75) is 33.4 Å². The monoisotopic (exact) mass is 395 g/mol. The molecule has 3 aromatic rings. The van der Waals surface area contributed by atoms with Crippen molar-refractivity contribution in [2.75, 3.05) is 19.6 Å². The third kappa shape index (κ3) is 3.22. The zero-order chi connectivity index (χ0) is 19.8. The lowest BCUT2D eigenvalue weighted by atomic mass is 10.1. The fourth-order valence-corrected chi connectivity index (χ4v) is 4.90. The summed E-state index contributed by atoms with van der Waals surface area (Å²) in [5, 5.41) is 3.18. The van der Waals surface area contributed by atoms with Gasteiger partial charge in [0, 0.05) is 43.2 Å². The average Bonchev–Trinajstić information content (AvgIpc) is 3.28. The van der Waals surface area contributed by atoms with E-state index in [2.05, 4.69) is 22.9 Å². The van der Waals surface area contributed by atoms with Crippen LogP contribution in [0.5, 0.6) is 0 Å². The lowest BCUT2D eigenvalue weighted by Gasteiger charge is -2.40. The number of rotatable bonds is 3. The number of carbonyl (C=O) groups excluding carboxylic acids is 2. The van der Waals surface area contributed by atoms with Gasteiger partial charge in [0.05, 0.1) is 0 Å². The van der Waals surface area contributed by atoms with E-state index in [0.29, 0.717) is 25.2 Å². The highest BCUT2D eigenvalue weighted by molar-refractivity contribution is 7.16. The normalized spacial score (nSPS) is 17.3. The van der Waals surface area contributed by atoms with Gasteiger partial charge in [-0.15, -0.1) is 11.3 Å². The fourth-order valence-electron chi connectivity index (χ4n) is 3.93. The van der Waals surface area contributed by atoms with E-state index >= 15 is 0 Å². The molecule has 1 saturated heterocycles. The van der Waals surface area contributed by atoms with E-state index in [-0.39, 0.29) is 17.9 Å². The third-order valence-electron chi connectivity index (χ3n) is 5.51. The highest BCUT2D eigenvalue weighted by Gasteiger charge is 2.32. The molecule has 0 aliphatic carbocycles. The SMILES string of the molecule is CCn1c(C(=O)N2CCN(C(=O)c3ccc(C)cc3)[C@H](C)C2)cc2ccsc21. The summed E-state index contributed by atoms with van der Waals surface area (Å²) in [6.45, 7) is 8.53. The summed E-state index contributed by atoms with van der Waals surface area (Å²) in [4.78, 5) is 31.0. The van der Waals surface area contributed by atoms with Crippen molar-refractivity contribution in [1.82, 2.24) is 14.4 Å². The highest BCUT2D eigenvalue weighted by atomic mass is 32.1. The van der Waals surface area contributed by atoms with Crippen molar-refractivity contribution in [3.8, 4) is 0 Å². The lowest BCUT2D eigenvalue weighted by molar-refractivity contribution is 0.0409. The van der Waals surface area contributed by atoms with Gasteiger partial charge in [-0.25, -0.2) is 0 Å². The van der Waals surface area contributed by atoms with Gasteiger partial charge in [-0.1, -0.05) is 17.7 Å². The molecule has 0 spiro atoms. The van der Waals surface area contributed by atoms with Crippen molar-refractivity contribution in [3.05, 3.63) is 58.6 Å². The number of aromatic nitrogens is 1. The molecule has 1 atom stereocenters. The molecule has 28 heavy (non-hydrogen) atoms. The largest absolute Gasteiger partial charge is 0.334 e. The number of amides is 2. The lowest BCUT2D eigenvalue weighted by Crippen LogP contribution is -2.55. The average molecular weight is 396 g/mol. The number of piperazine rings is 1. The molecule has 5 nitrogen and oxygen atoms in total. The molecule has 0 bridgehead atoms. The first-order valence-electron chi connectivity index (χ1n) is 9.73. The van der Waals surface area contributed by atoms with Gasteiger partial charge in [0.25, 0.3) is 11.8 Å².